The molecule has 7 heteroatoms. The first-order valence-electron chi connectivity index (χ1n) is 10.2. The fourth-order valence-corrected chi connectivity index (χ4v) is 4.83. The number of anilines is 1. The summed E-state index contributed by atoms with van der Waals surface area (Å²) in [4.78, 5) is 30.8. The Morgan fingerprint density at radius 3 is 2.73 bits per heavy atom. The van der Waals surface area contributed by atoms with Gasteiger partial charge in [0.2, 0.25) is 5.91 Å². The maximum Gasteiger partial charge on any atom is 0.262 e. The highest BCUT2D eigenvalue weighted by Crippen LogP contribution is 2.33. The number of carbonyl (C=O) groups excluding carboxylic acids is 1. The summed E-state index contributed by atoms with van der Waals surface area (Å²) in [6, 6.07) is 14.8. The Hall–Kier alpha value is -2.80. The molecule has 1 amide bonds. The summed E-state index contributed by atoms with van der Waals surface area (Å²) in [5.74, 6) is 0.535. The summed E-state index contributed by atoms with van der Waals surface area (Å²) >= 11 is 1.33. The smallest absolute Gasteiger partial charge is 0.262 e. The number of nitrogens with one attached hydrogen (secondary N) is 1. The number of thioether (sulfide) groups is 1. The molecule has 0 radical (unpaired) electrons. The SMILES string of the molecule is COc1cccc(NC(=O)C(C)Sc2nc3ccccc3c(=O)n2C2CCCC2)c1. The van der Waals surface area contributed by atoms with Crippen LogP contribution in [0.4, 0.5) is 5.69 Å². The summed E-state index contributed by atoms with van der Waals surface area (Å²) < 4.78 is 7.03. The summed E-state index contributed by atoms with van der Waals surface area (Å²) in [6.45, 7) is 1.83. The van der Waals surface area contributed by atoms with Gasteiger partial charge in [-0.2, -0.15) is 0 Å². The average Bonchev–Trinajstić information content (AvgIpc) is 3.28. The van der Waals surface area contributed by atoms with Gasteiger partial charge in [-0.05, 0) is 44.0 Å². The van der Waals surface area contributed by atoms with Gasteiger partial charge in [0.05, 0.1) is 23.3 Å². The second kappa shape index (κ2) is 8.92. The van der Waals surface area contributed by atoms with Crippen LogP contribution in [0, 0.1) is 0 Å². The van der Waals surface area contributed by atoms with Gasteiger partial charge in [0, 0.05) is 17.8 Å². The Morgan fingerprint density at radius 2 is 1.97 bits per heavy atom. The van der Waals surface area contributed by atoms with Crippen LogP contribution >= 0.6 is 11.8 Å². The van der Waals surface area contributed by atoms with Crippen molar-refractivity contribution in [2.24, 2.45) is 0 Å². The molecule has 0 aliphatic heterocycles. The minimum absolute atomic E-state index is 0.0181. The number of para-hydroxylation sites is 1. The largest absolute Gasteiger partial charge is 0.497 e. The Labute approximate surface area is 179 Å². The first kappa shape index (κ1) is 20.5. The second-order valence-electron chi connectivity index (χ2n) is 7.51. The third kappa shape index (κ3) is 4.21. The average molecular weight is 424 g/mol. The number of aromatic nitrogens is 2. The highest BCUT2D eigenvalue weighted by atomic mass is 32.2. The van der Waals surface area contributed by atoms with E-state index in [0.717, 1.165) is 25.7 Å². The number of nitrogens with zero attached hydrogens (tertiary/aromatic N) is 2. The number of hydrogen-bond acceptors (Lipinski definition) is 5. The predicted octanol–water partition coefficient (Wildman–Crippen LogP) is 4.64. The van der Waals surface area contributed by atoms with Crippen molar-refractivity contribution >= 4 is 34.3 Å². The van der Waals surface area contributed by atoms with Crippen molar-refractivity contribution in [2.75, 3.05) is 12.4 Å². The highest BCUT2D eigenvalue weighted by molar-refractivity contribution is 8.00. The van der Waals surface area contributed by atoms with E-state index in [9.17, 15) is 9.59 Å². The molecule has 1 atom stereocenters. The van der Waals surface area contributed by atoms with Gasteiger partial charge in [-0.3, -0.25) is 14.2 Å². The molecule has 0 spiro atoms. The number of rotatable bonds is 6. The summed E-state index contributed by atoms with van der Waals surface area (Å²) in [5.41, 5.74) is 1.32. The highest BCUT2D eigenvalue weighted by Gasteiger charge is 2.25. The van der Waals surface area contributed by atoms with E-state index in [2.05, 4.69) is 5.32 Å². The van der Waals surface area contributed by atoms with E-state index < -0.39 is 5.25 Å². The summed E-state index contributed by atoms with van der Waals surface area (Å²) in [6.07, 6.45) is 4.16. The summed E-state index contributed by atoms with van der Waals surface area (Å²) in [7, 11) is 1.59. The first-order valence-corrected chi connectivity index (χ1v) is 11.1. The number of amides is 1. The van der Waals surface area contributed by atoms with E-state index in [-0.39, 0.29) is 17.5 Å². The van der Waals surface area contributed by atoms with Crippen LogP contribution in [0.5, 0.6) is 5.75 Å². The standard InChI is InChI=1S/C23H25N3O3S/c1-15(21(27)24-16-8-7-11-18(14-16)29-2)30-23-25-20-13-6-5-12-19(20)22(28)26(23)17-9-3-4-10-17/h5-8,11-15,17H,3-4,9-10H2,1-2H3,(H,24,27). The molecular weight excluding hydrogens is 398 g/mol. The lowest BCUT2D eigenvalue weighted by atomic mass is 10.2. The zero-order chi connectivity index (χ0) is 21.1. The Bertz CT molecular complexity index is 1120. The molecule has 1 aliphatic carbocycles. The molecule has 4 rings (SSSR count). The van der Waals surface area contributed by atoms with Gasteiger partial charge in [-0.1, -0.05) is 42.8 Å². The number of methoxy groups -OCH3 is 1. The summed E-state index contributed by atoms with van der Waals surface area (Å²) in [5, 5.41) is 3.74. The Kier molecular flexibility index (Phi) is 6.08. The van der Waals surface area contributed by atoms with Crippen LogP contribution in [0.15, 0.2) is 58.5 Å². The van der Waals surface area contributed by atoms with Crippen molar-refractivity contribution in [1.29, 1.82) is 0 Å². The zero-order valence-electron chi connectivity index (χ0n) is 17.1. The van der Waals surface area contributed by atoms with E-state index in [1.807, 2.05) is 54.0 Å². The van der Waals surface area contributed by atoms with Gasteiger partial charge < -0.3 is 10.1 Å². The maximum atomic E-state index is 13.2. The van der Waals surface area contributed by atoms with Gasteiger partial charge in [0.25, 0.3) is 5.56 Å². The molecule has 6 nitrogen and oxygen atoms in total. The van der Waals surface area contributed by atoms with E-state index >= 15 is 0 Å². The Morgan fingerprint density at radius 1 is 1.20 bits per heavy atom. The number of hydrogen-bond donors (Lipinski definition) is 1. The van der Waals surface area contributed by atoms with Crippen molar-refractivity contribution in [3.05, 3.63) is 58.9 Å². The first-order chi connectivity index (χ1) is 14.6. The van der Waals surface area contributed by atoms with Crippen molar-refractivity contribution < 1.29 is 9.53 Å². The van der Waals surface area contributed by atoms with Crippen LogP contribution in [0.1, 0.15) is 38.6 Å². The van der Waals surface area contributed by atoms with Crippen LogP contribution < -0.4 is 15.6 Å². The predicted molar refractivity (Wildman–Crippen MR) is 120 cm³/mol. The van der Waals surface area contributed by atoms with E-state index in [4.69, 9.17) is 9.72 Å². The van der Waals surface area contributed by atoms with Crippen molar-refractivity contribution in [3.63, 3.8) is 0 Å². The van der Waals surface area contributed by atoms with Crippen LogP contribution in [0.3, 0.4) is 0 Å². The minimum atomic E-state index is -0.420. The molecule has 1 N–H and O–H groups in total. The van der Waals surface area contributed by atoms with E-state index in [1.165, 1.54) is 11.8 Å². The molecule has 1 unspecified atom stereocenters. The third-order valence-electron chi connectivity index (χ3n) is 5.45. The van der Waals surface area contributed by atoms with Gasteiger partial charge >= 0.3 is 0 Å². The molecule has 1 heterocycles. The van der Waals surface area contributed by atoms with Crippen LogP contribution in [0.2, 0.25) is 0 Å². The fraction of sp³-hybridized carbons (Fsp3) is 0.348. The van der Waals surface area contributed by atoms with Crippen molar-refractivity contribution in [1.82, 2.24) is 9.55 Å². The molecular formula is C23H25N3O3S. The third-order valence-corrected chi connectivity index (χ3v) is 6.52. The van der Waals surface area contributed by atoms with Gasteiger partial charge in [-0.15, -0.1) is 0 Å². The minimum Gasteiger partial charge on any atom is -0.497 e. The monoisotopic (exact) mass is 423 g/mol. The van der Waals surface area contributed by atoms with Crippen LogP contribution in [-0.4, -0.2) is 27.8 Å². The molecule has 1 fully saturated rings. The van der Waals surface area contributed by atoms with Gasteiger partial charge in [0.15, 0.2) is 5.16 Å². The molecule has 156 valence electrons. The van der Waals surface area contributed by atoms with Crippen molar-refractivity contribution in [3.8, 4) is 5.75 Å². The second-order valence-corrected chi connectivity index (χ2v) is 8.81. The molecule has 1 aliphatic rings. The maximum absolute atomic E-state index is 13.2. The van der Waals surface area contributed by atoms with Crippen LogP contribution in [-0.2, 0) is 4.79 Å². The quantitative estimate of drug-likeness (QED) is 0.462. The van der Waals surface area contributed by atoms with Gasteiger partial charge in [0.1, 0.15) is 5.75 Å². The van der Waals surface area contributed by atoms with E-state index in [0.29, 0.717) is 27.5 Å². The van der Waals surface area contributed by atoms with Crippen molar-refractivity contribution in [2.45, 2.75) is 49.1 Å². The Balaban J connectivity index is 1.62. The number of fused-ring (bicyclic) bond motifs is 1. The lowest BCUT2D eigenvalue weighted by Gasteiger charge is -2.20. The lowest BCUT2D eigenvalue weighted by Crippen LogP contribution is -2.29. The van der Waals surface area contributed by atoms with Crippen LogP contribution in [0.25, 0.3) is 10.9 Å². The molecule has 2 aromatic carbocycles. The molecule has 0 saturated heterocycles. The number of ether oxygens (including phenoxy) is 1. The van der Waals surface area contributed by atoms with E-state index in [1.54, 1.807) is 13.2 Å². The molecule has 30 heavy (non-hydrogen) atoms. The van der Waals surface area contributed by atoms with Gasteiger partial charge in [-0.25, -0.2) is 4.98 Å². The zero-order valence-corrected chi connectivity index (χ0v) is 17.9. The molecule has 0 bridgehead atoms. The topological polar surface area (TPSA) is 73.2 Å². The number of carbonyl (C=O) groups is 1. The molecule has 1 saturated carbocycles. The lowest BCUT2D eigenvalue weighted by molar-refractivity contribution is -0.115. The normalized spacial score (nSPS) is 15.3. The number of benzene rings is 2. The molecule has 1 aromatic heterocycles. The fourth-order valence-electron chi connectivity index (χ4n) is 3.85. The molecule has 3 aromatic rings.